The molecule has 0 unspecified atom stereocenters. The molecule has 4 nitrogen and oxygen atoms in total. The van der Waals surface area contributed by atoms with Crippen molar-refractivity contribution in [2.24, 2.45) is 5.73 Å². The predicted molar refractivity (Wildman–Crippen MR) is 59.8 cm³/mol. The zero-order chi connectivity index (χ0) is 11.3. The van der Waals surface area contributed by atoms with E-state index in [1.54, 1.807) is 6.08 Å². The largest absolute Gasteiger partial charge is 0.326 e. The van der Waals surface area contributed by atoms with Crippen molar-refractivity contribution >= 4 is 16.2 Å². The van der Waals surface area contributed by atoms with Gasteiger partial charge >= 0.3 is 0 Å². The van der Waals surface area contributed by atoms with Gasteiger partial charge in [0, 0.05) is 6.54 Å². The van der Waals surface area contributed by atoms with Gasteiger partial charge < -0.3 is 5.73 Å². The van der Waals surface area contributed by atoms with Gasteiger partial charge in [0.25, 0.3) is 10.1 Å². The summed E-state index contributed by atoms with van der Waals surface area (Å²) in [6.45, 7) is 0.481. The molecule has 0 heterocycles. The van der Waals surface area contributed by atoms with Gasteiger partial charge in [-0.25, -0.2) is 0 Å². The molecule has 0 aliphatic rings. The van der Waals surface area contributed by atoms with Crippen molar-refractivity contribution in [3.8, 4) is 0 Å². The quantitative estimate of drug-likeness (QED) is 0.753. The topological polar surface area (TPSA) is 80.4 Å². The van der Waals surface area contributed by atoms with E-state index in [9.17, 15) is 8.42 Å². The van der Waals surface area contributed by atoms with Crippen molar-refractivity contribution in [3.05, 3.63) is 41.5 Å². The molecule has 0 amide bonds. The summed E-state index contributed by atoms with van der Waals surface area (Å²) in [7, 11) is -3.91. The van der Waals surface area contributed by atoms with Crippen LogP contribution in [0, 0.1) is 0 Å². The first-order chi connectivity index (χ1) is 7.01. The van der Waals surface area contributed by atoms with Gasteiger partial charge in [0.15, 0.2) is 0 Å². The van der Waals surface area contributed by atoms with E-state index in [0.717, 1.165) is 11.1 Å². The van der Waals surface area contributed by atoms with Gasteiger partial charge in [-0.2, -0.15) is 8.42 Å². The molecule has 82 valence electrons. The summed E-state index contributed by atoms with van der Waals surface area (Å²) in [6, 6.07) is 7.41. The number of hydrogen-bond acceptors (Lipinski definition) is 3. The number of rotatable bonds is 4. The Bertz CT molecular complexity index is 434. The van der Waals surface area contributed by atoms with E-state index in [0.29, 0.717) is 6.54 Å². The van der Waals surface area contributed by atoms with Crippen molar-refractivity contribution in [1.82, 2.24) is 0 Å². The van der Waals surface area contributed by atoms with Gasteiger partial charge in [0.05, 0.1) is 5.75 Å². The van der Waals surface area contributed by atoms with E-state index in [1.165, 1.54) is 6.08 Å². The third kappa shape index (κ3) is 4.73. The zero-order valence-electron chi connectivity index (χ0n) is 8.13. The van der Waals surface area contributed by atoms with Crippen LogP contribution in [0.15, 0.2) is 30.3 Å². The molecule has 0 fully saturated rings. The molecule has 0 aliphatic heterocycles. The van der Waals surface area contributed by atoms with E-state index in [4.69, 9.17) is 10.3 Å². The van der Waals surface area contributed by atoms with Crippen LogP contribution in [0.25, 0.3) is 6.08 Å². The molecule has 15 heavy (non-hydrogen) atoms. The third-order valence-corrected chi connectivity index (χ3v) is 2.45. The number of benzene rings is 1. The Kier molecular flexibility index (Phi) is 4.02. The average Bonchev–Trinajstić information content (AvgIpc) is 2.17. The van der Waals surface area contributed by atoms with Gasteiger partial charge in [-0.15, -0.1) is 0 Å². The summed E-state index contributed by atoms with van der Waals surface area (Å²) in [5.74, 6) is -0.369. The molecule has 5 heteroatoms. The fourth-order valence-electron chi connectivity index (χ4n) is 1.07. The lowest BCUT2D eigenvalue weighted by atomic mass is 10.1. The summed E-state index contributed by atoms with van der Waals surface area (Å²) >= 11 is 0. The minimum Gasteiger partial charge on any atom is -0.326 e. The second-order valence-corrected chi connectivity index (χ2v) is 4.59. The first-order valence-electron chi connectivity index (χ1n) is 4.42. The Morgan fingerprint density at radius 1 is 1.27 bits per heavy atom. The molecule has 1 rings (SSSR count). The van der Waals surface area contributed by atoms with E-state index in [2.05, 4.69) is 0 Å². The van der Waals surface area contributed by atoms with Gasteiger partial charge in [-0.1, -0.05) is 36.4 Å². The lowest BCUT2D eigenvalue weighted by Gasteiger charge is -1.97. The molecule has 0 bridgehead atoms. The number of hydrogen-bond donors (Lipinski definition) is 2. The summed E-state index contributed by atoms with van der Waals surface area (Å²) < 4.78 is 29.3. The fourth-order valence-corrected chi connectivity index (χ4v) is 1.41. The Labute approximate surface area is 89.2 Å². The fraction of sp³-hybridized carbons (Fsp3) is 0.200. The highest BCUT2D eigenvalue weighted by Crippen LogP contribution is 2.05. The van der Waals surface area contributed by atoms with Crippen LogP contribution in [0.2, 0.25) is 0 Å². The molecule has 0 saturated carbocycles. The first-order valence-corrected chi connectivity index (χ1v) is 6.03. The van der Waals surface area contributed by atoms with Crippen LogP contribution in [-0.2, 0) is 16.7 Å². The highest BCUT2D eigenvalue weighted by Gasteiger charge is 1.98. The summed E-state index contributed by atoms with van der Waals surface area (Å²) in [4.78, 5) is 0. The standard InChI is InChI=1S/C10H13NO3S/c11-8-10-5-3-9(4-6-10)2-1-7-15(12,13)14/h1-6H,7-8,11H2,(H,12,13,14). The van der Waals surface area contributed by atoms with Gasteiger partial charge in [-0.3, -0.25) is 4.55 Å². The Hall–Kier alpha value is -1.17. The Morgan fingerprint density at radius 3 is 2.33 bits per heavy atom. The van der Waals surface area contributed by atoms with Gasteiger partial charge in [0.2, 0.25) is 0 Å². The van der Waals surface area contributed by atoms with Crippen LogP contribution in [0.1, 0.15) is 11.1 Å². The predicted octanol–water partition coefficient (Wildman–Crippen LogP) is 1.05. The molecule has 0 saturated heterocycles. The summed E-state index contributed by atoms with van der Waals surface area (Å²) in [5.41, 5.74) is 7.31. The van der Waals surface area contributed by atoms with Gasteiger partial charge in [0.1, 0.15) is 0 Å². The maximum absolute atomic E-state index is 10.4. The summed E-state index contributed by atoms with van der Waals surface area (Å²) in [6.07, 6.45) is 3.03. The first kappa shape index (κ1) is 11.9. The molecular weight excluding hydrogens is 214 g/mol. The molecule has 1 aromatic carbocycles. The van der Waals surface area contributed by atoms with Crippen molar-refractivity contribution in [2.75, 3.05) is 5.75 Å². The molecule has 0 atom stereocenters. The molecule has 0 spiro atoms. The minimum atomic E-state index is -3.91. The SMILES string of the molecule is NCc1ccc(C=CCS(=O)(=O)O)cc1. The molecule has 0 aliphatic carbocycles. The van der Waals surface area contributed by atoms with Crippen LogP contribution < -0.4 is 5.73 Å². The van der Waals surface area contributed by atoms with Crippen LogP contribution >= 0.6 is 0 Å². The molecule has 1 aromatic rings. The lowest BCUT2D eigenvalue weighted by Crippen LogP contribution is -2.00. The highest BCUT2D eigenvalue weighted by atomic mass is 32.2. The Morgan fingerprint density at radius 2 is 1.87 bits per heavy atom. The Balaban J connectivity index is 2.65. The van der Waals surface area contributed by atoms with E-state index in [-0.39, 0.29) is 5.75 Å². The van der Waals surface area contributed by atoms with Crippen LogP contribution in [0.5, 0.6) is 0 Å². The summed E-state index contributed by atoms with van der Waals surface area (Å²) in [5, 5.41) is 0. The van der Waals surface area contributed by atoms with E-state index < -0.39 is 10.1 Å². The second-order valence-electron chi connectivity index (χ2n) is 3.10. The zero-order valence-corrected chi connectivity index (χ0v) is 8.94. The highest BCUT2D eigenvalue weighted by molar-refractivity contribution is 7.85. The van der Waals surface area contributed by atoms with Gasteiger partial charge in [-0.05, 0) is 11.1 Å². The van der Waals surface area contributed by atoms with Crippen LogP contribution in [0.3, 0.4) is 0 Å². The smallest absolute Gasteiger partial charge is 0.268 e. The van der Waals surface area contributed by atoms with Crippen LogP contribution in [-0.4, -0.2) is 18.7 Å². The lowest BCUT2D eigenvalue weighted by molar-refractivity contribution is 0.487. The third-order valence-electron chi connectivity index (χ3n) is 1.83. The molecule has 0 aromatic heterocycles. The average molecular weight is 227 g/mol. The van der Waals surface area contributed by atoms with Crippen molar-refractivity contribution < 1.29 is 13.0 Å². The maximum Gasteiger partial charge on any atom is 0.268 e. The van der Waals surface area contributed by atoms with E-state index in [1.807, 2.05) is 24.3 Å². The monoisotopic (exact) mass is 227 g/mol. The minimum absolute atomic E-state index is 0.369. The van der Waals surface area contributed by atoms with E-state index >= 15 is 0 Å². The molecule has 3 N–H and O–H groups in total. The normalized spacial score (nSPS) is 12.1. The second kappa shape index (κ2) is 5.06. The molecular formula is C10H13NO3S. The van der Waals surface area contributed by atoms with Crippen molar-refractivity contribution in [2.45, 2.75) is 6.54 Å². The molecule has 0 radical (unpaired) electrons. The number of nitrogens with two attached hydrogens (primary N) is 1. The van der Waals surface area contributed by atoms with Crippen LogP contribution in [0.4, 0.5) is 0 Å². The van der Waals surface area contributed by atoms with Crippen molar-refractivity contribution in [3.63, 3.8) is 0 Å². The maximum atomic E-state index is 10.4. The van der Waals surface area contributed by atoms with Crippen molar-refractivity contribution in [1.29, 1.82) is 0 Å².